The highest BCUT2D eigenvalue weighted by Gasteiger charge is 2.08. The minimum atomic E-state index is -0.324. The van der Waals surface area contributed by atoms with E-state index in [9.17, 15) is 9.18 Å². The first kappa shape index (κ1) is 13.0. The van der Waals surface area contributed by atoms with Crippen LogP contribution in [0.25, 0.3) is 0 Å². The van der Waals surface area contributed by atoms with Crippen LogP contribution in [-0.2, 0) is 4.79 Å². The third-order valence-electron chi connectivity index (χ3n) is 1.88. The monoisotopic (exact) mass is 243 g/mol. The van der Waals surface area contributed by atoms with Crippen LogP contribution in [-0.4, -0.2) is 29.4 Å². The van der Waals surface area contributed by atoms with Crippen molar-refractivity contribution >= 4 is 17.7 Å². The van der Waals surface area contributed by atoms with Gasteiger partial charge in [0.2, 0.25) is 5.91 Å². The Morgan fingerprint density at radius 3 is 2.88 bits per heavy atom. The van der Waals surface area contributed by atoms with Gasteiger partial charge in [-0.1, -0.05) is 12.1 Å². The predicted octanol–water partition coefficient (Wildman–Crippen LogP) is 1.41. The number of rotatable bonds is 5. The molecule has 0 aromatic heterocycles. The zero-order valence-corrected chi connectivity index (χ0v) is 9.76. The second-order valence-electron chi connectivity index (χ2n) is 3.37. The van der Waals surface area contributed by atoms with E-state index in [1.165, 1.54) is 6.07 Å². The molecule has 0 aliphatic rings. The van der Waals surface area contributed by atoms with Crippen molar-refractivity contribution in [1.82, 2.24) is 5.32 Å². The SMILES string of the molecule is C[C@H](CO)NC(=O)CSc1ccccc1F. The first-order valence-electron chi connectivity index (χ1n) is 4.91. The molecule has 0 aliphatic heterocycles. The Labute approximate surface area is 98.1 Å². The summed E-state index contributed by atoms with van der Waals surface area (Å²) in [5.74, 6) is -0.393. The van der Waals surface area contributed by atoms with Crippen molar-refractivity contribution in [1.29, 1.82) is 0 Å². The van der Waals surface area contributed by atoms with Gasteiger partial charge in [0.15, 0.2) is 0 Å². The molecule has 0 spiro atoms. The van der Waals surface area contributed by atoms with E-state index in [4.69, 9.17) is 5.11 Å². The summed E-state index contributed by atoms with van der Waals surface area (Å²) in [5.41, 5.74) is 0. The van der Waals surface area contributed by atoms with Crippen LogP contribution in [0, 0.1) is 5.82 Å². The molecule has 0 saturated heterocycles. The topological polar surface area (TPSA) is 49.3 Å². The number of benzene rings is 1. The van der Waals surface area contributed by atoms with Crippen molar-refractivity contribution in [3.8, 4) is 0 Å². The van der Waals surface area contributed by atoms with Gasteiger partial charge in [-0.2, -0.15) is 0 Å². The summed E-state index contributed by atoms with van der Waals surface area (Å²) in [6.45, 7) is 1.60. The molecule has 1 amide bonds. The van der Waals surface area contributed by atoms with Crippen molar-refractivity contribution < 1.29 is 14.3 Å². The minimum Gasteiger partial charge on any atom is -0.394 e. The molecule has 5 heteroatoms. The summed E-state index contributed by atoms with van der Waals surface area (Å²) in [5, 5.41) is 11.3. The molecule has 88 valence electrons. The van der Waals surface area contributed by atoms with Crippen molar-refractivity contribution in [3.05, 3.63) is 30.1 Å². The highest BCUT2D eigenvalue weighted by Crippen LogP contribution is 2.20. The average molecular weight is 243 g/mol. The second-order valence-corrected chi connectivity index (χ2v) is 4.39. The third-order valence-corrected chi connectivity index (χ3v) is 2.93. The average Bonchev–Trinajstić information content (AvgIpc) is 2.28. The van der Waals surface area contributed by atoms with Gasteiger partial charge in [-0.05, 0) is 19.1 Å². The number of carbonyl (C=O) groups is 1. The fraction of sp³-hybridized carbons (Fsp3) is 0.364. The number of hydrogen-bond donors (Lipinski definition) is 2. The number of aliphatic hydroxyl groups excluding tert-OH is 1. The molecule has 0 unspecified atom stereocenters. The molecule has 1 rings (SSSR count). The Kier molecular flexibility index (Phi) is 5.28. The van der Waals surface area contributed by atoms with Gasteiger partial charge in [0.1, 0.15) is 5.82 Å². The minimum absolute atomic E-state index is 0.101. The fourth-order valence-electron chi connectivity index (χ4n) is 1.07. The molecule has 16 heavy (non-hydrogen) atoms. The van der Waals surface area contributed by atoms with Gasteiger partial charge < -0.3 is 10.4 Å². The van der Waals surface area contributed by atoms with E-state index in [2.05, 4.69) is 5.32 Å². The van der Waals surface area contributed by atoms with Crippen LogP contribution in [0.2, 0.25) is 0 Å². The first-order valence-corrected chi connectivity index (χ1v) is 5.89. The Morgan fingerprint density at radius 2 is 2.25 bits per heavy atom. The molecule has 1 aromatic rings. The smallest absolute Gasteiger partial charge is 0.230 e. The number of nitrogens with one attached hydrogen (secondary N) is 1. The van der Waals surface area contributed by atoms with Gasteiger partial charge in [-0.3, -0.25) is 4.79 Å². The molecule has 0 fully saturated rings. The zero-order chi connectivity index (χ0) is 12.0. The molecule has 0 aliphatic carbocycles. The van der Waals surface area contributed by atoms with E-state index < -0.39 is 0 Å². The lowest BCUT2D eigenvalue weighted by Crippen LogP contribution is -2.36. The molecule has 0 heterocycles. The van der Waals surface area contributed by atoms with Crippen LogP contribution >= 0.6 is 11.8 Å². The first-order chi connectivity index (χ1) is 7.63. The van der Waals surface area contributed by atoms with Crippen LogP contribution in [0.1, 0.15) is 6.92 Å². The van der Waals surface area contributed by atoms with Gasteiger partial charge >= 0.3 is 0 Å². The highest BCUT2D eigenvalue weighted by molar-refractivity contribution is 8.00. The van der Waals surface area contributed by atoms with E-state index in [-0.39, 0.29) is 30.1 Å². The Hall–Kier alpha value is -1.07. The number of halogens is 1. The number of thioether (sulfide) groups is 1. The third kappa shape index (κ3) is 4.20. The van der Waals surface area contributed by atoms with E-state index in [0.29, 0.717) is 4.90 Å². The Balaban J connectivity index is 2.40. The van der Waals surface area contributed by atoms with Crippen molar-refractivity contribution in [3.63, 3.8) is 0 Å². The largest absolute Gasteiger partial charge is 0.394 e. The second kappa shape index (κ2) is 6.50. The lowest BCUT2D eigenvalue weighted by atomic mass is 10.3. The van der Waals surface area contributed by atoms with Crippen LogP contribution in [0.3, 0.4) is 0 Å². The standard InChI is InChI=1S/C11H14FNO2S/c1-8(6-14)13-11(15)7-16-10-5-3-2-4-9(10)12/h2-5,8,14H,6-7H2,1H3,(H,13,15)/t8-/m1/s1. The lowest BCUT2D eigenvalue weighted by molar-refractivity contribution is -0.119. The summed E-state index contributed by atoms with van der Waals surface area (Å²) >= 11 is 1.14. The van der Waals surface area contributed by atoms with E-state index in [1.807, 2.05) is 0 Å². The molecule has 2 N–H and O–H groups in total. The molecule has 3 nitrogen and oxygen atoms in total. The fourth-order valence-corrected chi connectivity index (χ4v) is 1.82. The van der Waals surface area contributed by atoms with E-state index >= 15 is 0 Å². The van der Waals surface area contributed by atoms with Crippen LogP contribution in [0.4, 0.5) is 4.39 Å². The molecule has 1 atom stereocenters. The number of hydrogen-bond acceptors (Lipinski definition) is 3. The Morgan fingerprint density at radius 1 is 1.56 bits per heavy atom. The molecule has 0 saturated carbocycles. The van der Waals surface area contributed by atoms with Crippen molar-refractivity contribution in [2.75, 3.05) is 12.4 Å². The quantitative estimate of drug-likeness (QED) is 0.769. The van der Waals surface area contributed by atoms with Crippen molar-refractivity contribution in [2.45, 2.75) is 17.9 Å². The predicted molar refractivity (Wildman–Crippen MR) is 61.8 cm³/mol. The number of amides is 1. The maximum atomic E-state index is 13.2. The summed E-state index contributed by atoms with van der Waals surface area (Å²) in [7, 11) is 0. The van der Waals surface area contributed by atoms with Crippen molar-refractivity contribution in [2.24, 2.45) is 0 Å². The molecule has 0 bridgehead atoms. The normalized spacial score (nSPS) is 12.2. The summed E-state index contributed by atoms with van der Waals surface area (Å²) < 4.78 is 13.2. The van der Waals surface area contributed by atoms with Gasteiger partial charge in [-0.25, -0.2) is 4.39 Å². The molecular formula is C11H14FNO2S. The van der Waals surface area contributed by atoms with E-state index in [1.54, 1.807) is 25.1 Å². The van der Waals surface area contributed by atoms with E-state index in [0.717, 1.165) is 11.8 Å². The Bertz CT molecular complexity index is 360. The zero-order valence-electron chi connectivity index (χ0n) is 8.94. The molecule has 0 radical (unpaired) electrons. The lowest BCUT2D eigenvalue weighted by Gasteiger charge is -2.10. The van der Waals surface area contributed by atoms with Crippen LogP contribution < -0.4 is 5.32 Å². The van der Waals surface area contributed by atoms with Gasteiger partial charge in [0.05, 0.1) is 12.4 Å². The summed E-state index contributed by atoms with van der Waals surface area (Å²) in [4.78, 5) is 11.8. The maximum Gasteiger partial charge on any atom is 0.230 e. The van der Waals surface area contributed by atoms with Gasteiger partial charge in [0, 0.05) is 10.9 Å². The van der Waals surface area contributed by atoms with Gasteiger partial charge in [-0.15, -0.1) is 11.8 Å². The van der Waals surface area contributed by atoms with Crippen LogP contribution in [0.15, 0.2) is 29.2 Å². The maximum absolute atomic E-state index is 13.2. The summed E-state index contributed by atoms with van der Waals surface area (Å²) in [6.07, 6.45) is 0. The number of aliphatic hydroxyl groups is 1. The molecular weight excluding hydrogens is 229 g/mol. The van der Waals surface area contributed by atoms with Gasteiger partial charge in [0.25, 0.3) is 0 Å². The summed E-state index contributed by atoms with van der Waals surface area (Å²) in [6, 6.07) is 6.04. The van der Waals surface area contributed by atoms with Crippen LogP contribution in [0.5, 0.6) is 0 Å². The highest BCUT2D eigenvalue weighted by atomic mass is 32.2. The number of carbonyl (C=O) groups excluding carboxylic acids is 1. The molecule has 1 aromatic carbocycles.